The third-order valence-corrected chi connectivity index (χ3v) is 4.90. The van der Waals surface area contributed by atoms with Gasteiger partial charge in [-0.1, -0.05) is 44.2 Å². The molecule has 4 heteroatoms. The Morgan fingerprint density at radius 2 is 1.95 bits per heavy atom. The monoisotopic (exact) mass is 313 g/mol. The minimum atomic E-state index is -0.302. The smallest absolute Gasteiger partial charge is 0.123 e. The van der Waals surface area contributed by atoms with Crippen LogP contribution in [0, 0.1) is 5.82 Å². The van der Waals surface area contributed by atoms with Gasteiger partial charge in [-0.3, -0.25) is 0 Å². The largest absolute Gasteiger partial charge is 0.376 e. The second-order valence-corrected chi connectivity index (χ2v) is 6.25. The molecule has 0 heterocycles. The molecule has 1 aliphatic rings. The minimum absolute atomic E-state index is 0.0752. The third-order valence-electron chi connectivity index (χ3n) is 4.56. The molecule has 1 aliphatic carbocycles. The van der Waals surface area contributed by atoms with Crippen LogP contribution in [0.1, 0.15) is 57.1 Å². The maximum atomic E-state index is 13.7. The predicted octanol–water partition coefficient (Wildman–Crippen LogP) is 4.87. The van der Waals surface area contributed by atoms with Crippen LogP contribution in [0.2, 0.25) is 5.02 Å². The highest BCUT2D eigenvalue weighted by Gasteiger charge is 2.40. The fraction of sp³-hybridized carbons (Fsp3) is 0.647. The van der Waals surface area contributed by atoms with Crippen molar-refractivity contribution in [2.75, 3.05) is 13.7 Å². The van der Waals surface area contributed by atoms with Crippen LogP contribution in [-0.4, -0.2) is 19.3 Å². The van der Waals surface area contributed by atoms with Crippen LogP contribution >= 0.6 is 11.6 Å². The first-order chi connectivity index (χ1) is 10.1. The van der Waals surface area contributed by atoms with Gasteiger partial charge in [0.15, 0.2) is 0 Å². The van der Waals surface area contributed by atoms with Gasteiger partial charge in [0.2, 0.25) is 0 Å². The second-order valence-electron chi connectivity index (χ2n) is 5.84. The molecule has 1 N–H and O–H groups in total. The lowest BCUT2D eigenvalue weighted by molar-refractivity contribution is -0.0537. The maximum absolute atomic E-state index is 13.7. The molecule has 0 radical (unpaired) electrons. The minimum Gasteiger partial charge on any atom is -0.376 e. The maximum Gasteiger partial charge on any atom is 0.123 e. The second kappa shape index (κ2) is 7.57. The van der Waals surface area contributed by atoms with Crippen LogP contribution in [0.15, 0.2) is 18.2 Å². The Hall–Kier alpha value is -0.640. The number of benzene rings is 1. The molecule has 2 nitrogen and oxygen atoms in total. The molecule has 1 fully saturated rings. The Morgan fingerprint density at radius 1 is 1.29 bits per heavy atom. The highest BCUT2D eigenvalue weighted by molar-refractivity contribution is 6.31. The molecule has 1 aromatic carbocycles. The summed E-state index contributed by atoms with van der Waals surface area (Å²) < 4.78 is 19.7. The van der Waals surface area contributed by atoms with Gasteiger partial charge in [-0.25, -0.2) is 4.39 Å². The predicted molar refractivity (Wildman–Crippen MR) is 85.3 cm³/mol. The van der Waals surface area contributed by atoms with Crippen molar-refractivity contribution in [3.8, 4) is 0 Å². The van der Waals surface area contributed by atoms with E-state index < -0.39 is 0 Å². The van der Waals surface area contributed by atoms with E-state index >= 15 is 0 Å². The van der Waals surface area contributed by atoms with E-state index in [1.807, 2.05) is 0 Å². The molecule has 1 saturated carbocycles. The van der Waals surface area contributed by atoms with E-state index in [0.29, 0.717) is 5.02 Å². The van der Waals surface area contributed by atoms with Crippen molar-refractivity contribution in [2.45, 2.75) is 57.1 Å². The summed E-state index contributed by atoms with van der Waals surface area (Å²) in [6.45, 7) is 2.85. The van der Waals surface area contributed by atoms with Crippen molar-refractivity contribution in [2.24, 2.45) is 0 Å². The lowest BCUT2D eigenvalue weighted by Gasteiger charge is -2.40. The van der Waals surface area contributed by atoms with Gasteiger partial charge >= 0.3 is 0 Å². The molecule has 118 valence electrons. The topological polar surface area (TPSA) is 21.3 Å². The van der Waals surface area contributed by atoms with Gasteiger partial charge in [-0.15, -0.1) is 0 Å². The van der Waals surface area contributed by atoms with Crippen molar-refractivity contribution >= 4 is 11.6 Å². The quantitative estimate of drug-likeness (QED) is 0.783. The van der Waals surface area contributed by atoms with Gasteiger partial charge in [0.25, 0.3) is 0 Å². The third kappa shape index (κ3) is 3.77. The van der Waals surface area contributed by atoms with E-state index in [4.69, 9.17) is 16.3 Å². The zero-order valence-electron chi connectivity index (χ0n) is 12.9. The average molecular weight is 314 g/mol. The summed E-state index contributed by atoms with van der Waals surface area (Å²) in [5.74, 6) is -0.253. The summed E-state index contributed by atoms with van der Waals surface area (Å²) >= 11 is 6.34. The van der Waals surface area contributed by atoms with E-state index in [9.17, 15) is 4.39 Å². The molecule has 2 rings (SSSR count). The molecule has 0 saturated heterocycles. The van der Waals surface area contributed by atoms with Gasteiger partial charge in [-0.2, -0.15) is 0 Å². The fourth-order valence-electron chi connectivity index (χ4n) is 3.46. The highest BCUT2D eigenvalue weighted by atomic mass is 35.5. The van der Waals surface area contributed by atoms with Crippen LogP contribution in [-0.2, 0) is 4.74 Å². The fourth-order valence-corrected chi connectivity index (χ4v) is 3.68. The summed E-state index contributed by atoms with van der Waals surface area (Å²) in [7, 11) is 1.77. The molecule has 21 heavy (non-hydrogen) atoms. The molecule has 0 aromatic heterocycles. The van der Waals surface area contributed by atoms with Gasteiger partial charge in [0, 0.05) is 12.1 Å². The zero-order valence-corrected chi connectivity index (χ0v) is 13.7. The number of halogens is 2. The lowest BCUT2D eigenvalue weighted by Crippen LogP contribution is -2.45. The zero-order chi connectivity index (χ0) is 15.3. The first-order valence-electron chi connectivity index (χ1n) is 7.86. The number of ether oxygens (including phenoxy) is 1. The summed E-state index contributed by atoms with van der Waals surface area (Å²) in [5, 5.41) is 4.08. The molecule has 0 spiro atoms. The van der Waals surface area contributed by atoms with Crippen molar-refractivity contribution in [1.29, 1.82) is 0 Å². The van der Waals surface area contributed by atoms with Crippen LogP contribution in [0.3, 0.4) is 0 Å². The van der Waals surface area contributed by atoms with Crippen LogP contribution < -0.4 is 5.32 Å². The van der Waals surface area contributed by atoms with Crippen molar-refractivity contribution in [3.63, 3.8) is 0 Å². The lowest BCUT2D eigenvalue weighted by atomic mass is 9.82. The van der Waals surface area contributed by atoms with E-state index in [2.05, 4.69) is 12.2 Å². The number of likely N-dealkylation sites (N-methyl/N-ethyl adjacent to an activating group) is 1. The number of methoxy groups -OCH3 is 1. The molecule has 0 amide bonds. The van der Waals surface area contributed by atoms with Crippen molar-refractivity contribution < 1.29 is 9.13 Å². The van der Waals surface area contributed by atoms with Gasteiger partial charge in [0.05, 0.1) is 11.6 Å². The summed E-state index contributed by atoms with van der Waals surface area (Å²) in [6.07, 6.45) is 6.72. The Morgan fingerprint density at radius 3 is 2.52 bits per heavy atom. The van der Waals surface area contributed by atoms with Crippen molar-refractivity contribution in [3.05, 3.63) is 34.6 Å². The van der Waals surface area contributed by atoms with E-state index in [1.165, 1.54) is 18.9 Å². The number of nitrogens with one attached hydrogen (secondary N) is 1. The summed E-state index contributed by atoms with van der Waals surface area (Å²) in [5.41, 5.74) is 0.506. The standard InChI is InChI=1S/C17H25ClFNO/c1-3-20-16(14-12-13(19)8-9-15(14)18)17(21-2)10-6-4-5-7-11-17/h8-9,12,16,20H,3-7,10-11H2,1-2H3. The van der Waals surface area contributed by atoms with E-state index in [-0.39, 0.29) is 17.5 Å². The summed E-state index contributed by atoms with van der Waals surface area (Å²) in [4.78, 5) is 0. The summed E-state index contributed by atoms with van der Waals surface area (Å²) in [6, 6.07) is 4.51. The Balaban J connectivity index is 2.41. The normalized spacial score (nSPS) is 20.0. The van der Waals surface area contributed by atoms with E-state index in [1.54, 1.807) is 19.2 Å². The number of rotatable bonds is 5. The highest BCUT2D eigenvalue weighted by Crippen LogP contribution is 2.42. The van der Waals surface area contributed by atoms with Gasteiger partial charge in [0.1, 0.15) is 5.82 Å². The SMILES string of the molecule is CCNC(c1cc(F)ccc1Cl)C1(OC)CCCCCC1. The first-order valence-corrected chi connectivity index (χ1v) is 8.24. The Kier molecular flexibility index (Phi) is 6.03. The molecule has 1 atom stereocenters. The van der Waals surface area contributed by atoms with Crippen molar-refractivity contribution in [1.82, 2.24) is 5.32 Å². The molecular formula is C17H25ClFNO. The van der Waals surface area contributed by atoms with E-state index in [0.717, 1.165) is 37.8 Å². The molecule has 1 unspecified atom stereocenters. The molecule has 1 aromatic rings. The molecule has 0 aliphatic heterocycles. The van der Waals surface area contributed by atoms with Crippen LogP contribution in [0.5, 0.6) is 0 Å². The average Bonchev–Trinajstić information content (AvgIpc) is 2.74. The van der Waals surface area contributed by atoms with Crippen LogP contribution in [0.25, 0.3) is 0 Å². The van der Waals surface area contributed by atoms with Crippen LogP contribution in [0.4, 0.5) is 4.39 Å². The molecule has 0 bridgehead atoms. The van der Waals surface area contributed by atoms with Gasteiger partial charge in [-0.05, 0) is 43.1 Å². The molecular weight excluding hydrogens is 289 g/mol. The first kappa shape index (κ1) is 16.7. The Labute approximate surface area is 132 Å². The Bertz CT molecular complexity index is 458. The number of hydrogen-bond donors (Lipinski definition) is 1. The van der Waals surface area contributed by atoms with Gasteiger partial charge < -0.3 is 10.1 Å². The number of hydrogen-bond acceptors (Lipinski definition) is 2.